The van der Waals surface area contributed by atoms with Crippen molar-refractivity contribution in [3.63, 3.8) is 0 Å². The third-order valence-corrected chi connectivity index (χ3v) is 3.61. The first-order valence-corrected chi connectivity index (χ1v) is 6.31. The maximum atomic E-state index is 11.5. The smallest absolute Gasteiger partial charge is 0.348 e. The first-order chi connectivity index (χ1) is 7.72. The summed E-state index contributed by atoms with van der Waals surface area (Å²) in [5, 5.41) is 1.89. The van der Waals surface area contributed by atoms with Crippen molar-refractivity contribution in [2.24, 2.45) is 0 Å². The van der Waals surface area contributed by atoms with E-state index in [4.69, 9.17) is 4.74 Å². The Morgan fingerprint density at radius 2 is 1.94 bits per heavy atom. The molecule has 4 heteroatoms. The fourth-order valence-electron chi connectivity index (χ4n) is 1.42. The molecule has 0 aliphatic rings. The van der Waals surface area contributed by atoms with Crippen LogP contribution in [0.25, 0.3) is 11.1 Å². The number of hydrogen-bond acceptors (Lipinski definition) is 3. The summed E-state index contributed by atoms with van der Waals surface area (Å²) in [6.45, 7) is 0. The Bertz CT molecular complexity index is 502. The number of thiophene rings is 1. The minimum absolute atomic E-state index is 0.284. The lowest BCUT2D eigenvalue weighted by molar-refractivity contribution is 0.0607. The maximum Gasteiger partial charge on any atom is 0.348 e. The summed E-state index contributed by atoms with van der Waals surface area (Å²) in [6.07, 6.45) is 0. The van der Waals surface area contributed by atoms with Gasteiger partial charge in [-0.2, -0.15) is 0 Å². The van der Waals surface area contributed by atoms with E-state index in [-0.39, 0.29) is 5.97 Å². The molecule has 2 rings (SSSR count). The van der Waals surface area contributed by atoms with Gasteiger partial charge in [0.2, 0.25) is 0 Å². The highest BCUT2D eigenvalue weighted by Crippen LogP contribution is 2.29. The van der Waals surface area contributed by atoms with Gasteiger partial charge in [0, 0.05) is 10.0 Å². The summed E-state index contributed by atoms with van der Waals surface area (Å²) in [7, 11) is 1.40. The van der Waals surface area contributed by atoms with Crippen LogP contribution in [0.2, 0.25) is 0 Å². The van der Waals surface area contributed by atoms with Crippen LogP contribution in [0.1, 0.15) is 9.67 Å². The van der Waals surface area contributed by atoms with Gasteiger partial charge in [-0.1, -0.05) is 28.1 Å². The third-order valence-electron chi connectivity index (χ3n) is 2.19. The van der Waals surface area contributed by atoms with Gasteiger partial charge in [-0.15, -0.1) is 11.3 Å². The lowest BCUT2D eigenvalue weighted by Gasteiger charge is -2.02. The zero-order valence-electron chi connectivity index (χ0n) is 8.57. The van der Waals surface area contributed by atoms with E-state index in [0.29, 0.717) is 4.88 Å². The third kappa shape index (κ3) is 2.18. The Morgan fingerprint density at radius 1 is 1.25 bits per heavy atom. The van der Waals surface area contributed by atoms with Gasteiger partial charge >= 0.3 is 5.97 Å². The molecule has 0 unspecified atom stereocenters. The largest absolute Gasteiger partial charge is 0.465 e. The van der Waals surface area contributed by atoms with Gasteiger partial charge in [-0.3, -0.25) is 0 Å². The number of rotatable bonds is 2. The quantitative estimate of drug-likeness (QED) is 0.784. The molecule has 2 aromatic rings. The van der Waals surface area contributed by atoms with Crippen molar-refractivity contribution in [1.82, 2.24) is 0 Å². The number of esters is 1. The molecule has 2 nitrogen and oxygen atoms in total. The number of halogens is 1. The predicted molar refractivity (Wildman–Crippen MR) is 68.8 cm³/mol. The average molecular weight is 297 g/mol. The normalized spacial score (nSPS) is 10.1. The molecule has 0 fully saturated rings. The van der Waals surface area contributed by atoms with Gasteiger partial charge < -0.3 is 4.74 Å². The number of carbonyl (C=O) groups excluding carboxylic acids is 1. The molecule has 0 amide bonds. The summed E-state index contributed by atoms with van der Waals surface area (Å²) in [5.74, 6) is -0.284. The van der Waals surface area contributed by atoms with Gasteiger partial charge in [0.1, 0.15) is 4.88 Å². The molecule has 0 bridgehead atoms. The highest BCUT2D eigenvalue weighted by Gasteiger charge is 2.14. The summed E-state index contributed by atoms with van der Waals surface area (Å²) in [4.78, 5) is 12.2. The summed E-state index contributed by atoms with van der Waals surface area (Å²) >= 11 is 4.78. The molecule has 0 saturated heterocycles. The van der Waals surface area contributed by atoms with Crippen LogP contribution < -0.4 is 0 Å². The zero-order chi connectivity index (χ0) is 11.5. The van der Waals surface area contributed by atoms with Crippen LogP contribution in [0.15, 0.2) is 40.2 Å². The Morgan fingerprint density at radius 3 is 2.56 bits per heavy atom. The van der Waals surface area contributed by atoms with Gasteiger partial charge in [-0.05, 0) is 29.1 Å². The second kappa shape index (κ2) is 4.80. The van der Waals surface area contributed by atoms with E-state index in [1.807, 2.05) is 35.7 Å². The van der Waals surface area contributed by atoms with Crippen molar-refractivity contribution in [3.8, 4) is 11.1 Å². The maximum absolute atomic E-state index is 11.5. The molecule has 1 aromatic heterocycles. The van der Waals surface area contributed by atoms with Crippen molar-refractivity contribution < 1.29 is 9.53 Å². The molecule has 0 aliphatic heterocycles. The minimum atomic E-state index is -0.284. The Hall–Kier alpha value is -1.13. The molecule has 0 saturated carbocycles. The number of ether oxygens (including phenoxy) is 1. The second-order valence-electron chi connectivity index (χ2n) is 3.16. The lowest BCUT2D eigenvalue weighted by atomic mass is 10.1. The van der Waals surface area contributed by atoms with E-state index >= 15 is 0 Å². The molecule has 0 aliphatic carbocycles. The van der Waals surface area contributed by atoms with E-state index in [1.165, 1.54) is 18.4 Å². The zero-order valence-corrected chi connectivity index (χ0v) is 11.0. The molecule has 0 radical (unpaired) electrons. The van der Waals surface area contributed by atoms with Crippen LogP contribution in [-0.2, 0) is 4.74 Å². The molecule has 82 valence electrons. The number of methoxy groups -OCH3 is 1. The van der Waals surface area contributed by atoms with Gasteiger partial charge in [0.05, 0.1) is 7.11 Å². The summed E-state index contributed by atoms with van der Waals surface area (Å²) < 4.78 is 5.76. The van der Waals surface area contributed by atoms with E-state index in [1.54, 1.807) is 0 Å². The van der Waals surface area contributed by atoms with Crippen LogP contribution in [0.5, 0.6) is 0 Å². The second-order valence-corrected chi connectivity index (χ2v) is 4.99. The van der Waals surface area contributed by atoms with Gasteiger partial charge in [-0.25, -0.2) is 4.79 Å². The first kappa shape index (κ1) is 11.4. The van der Waals surface area contributed by atoms with Crippen molar-refractivity contribution in [3.05, 3.63) is 45.1 Å². The average Bonchev–Trinajstić information content (AvgIpc) is 2.78. The van der Waals surface area contributed by atoms with Crippen molar-refractivity contribution in [1.29, 1.82) is 0 Å². The lowest BCUT2D eigenvalue weighted by Crippen LogP contribution is -1.99. The van der Waals surface area contributed by atoms with Crippen molar-refractivity contribution >= 4 is 33.2 Å². The molecular formula is C12H9BrO2S. The highest BCUT2D eigenvalue weighted by molar-refractivity contribution is 9.10. The number of hydrogen-bond donors (Lipinski definition) is 0. The Kier molecular flexibility index (Phi) is 3.41. The Balaban J connectivity index is 2.44. The summed E-state index contributed by atoms with van der Waals surface area (Å²) in [5.41, 5.74) is 1.94. The SMILES string of the molecule is COC(=O)c1sccc1-c1ccc(Br)cc1. The van der Waals surface area contributed by atoms with E-state index in [2.05, 4.69) is 15.9 Å². The van der Waals surface area contributed by atoms with Gasteiger partial charge in [0.15, 0.2) is 0 Å². The predicted octanol–water partition coefficient (Wildman–Crippen LogP) is 3.96. The molecule has 1 aromatic carbocycles. The van der Waals surface area contributed by atoms with Crippen molar-refractivity contribution in [2.45, 2.75) is 0 Å². The van der Waals surface area contributed by atoms with Crippen LogP contribution in [0, 0.1) is 0 Å². The van der Waals surface area contributed by atoms with Crippen LogP contribution in [-0.4, -0.2) is 13.1 Å². The fraction of sp³-hybridized carbons (Fsp3) is 0.0833. The monoisotopic (exact) mass is 296 g/mol. The minimum Gasteiger partial charge on any atom is -0.465 e. The first-order valence-electron chi connectivity index (χ1n) is 4.64. The van der Waals surface area contributed by atoms with Gasteiger partial charge in [0.25, 0.3) is 0 Å². The number of carbonyl (C=O) groups is 1. The van der Waals surface area contributed by atoms with Crippen molar-refractivity contribution in [2.75, 3.05) is 7.11 Å². The molecule has 16 heavy (non-hydrogen) atoms. The topological polar surface area (TPSA) is 26.3 Å². The van der Waals surface area contributed by atoms with Crippen LogP contribution in [0.3, 0.4) is 0 Å². The fourth-order valence-corrected chi connectivity index (χ4v) is 2.51. The van der Waals surface area contributed by atoms with E-state index in [0.717, 1.165) is 15.6 Å². The van der Waals surface area contributed by atoms with Crippen LogP contribution >= 0.6 is 27.3 Å². The van der Waals surface area contributed by atoms with E-state index in [9.17, 15) is 4.79 Å². The molecule has 1 heterocycles. The molecule has 0 spiro atoms. The molecular weight excluding hydrogens is 288 g/mol. The Labute approximate surface area is 106 Å². The standard InChI is InChI=1S/C12H9BrO2S/c1-15-12(14)11-10(6-7-16-11)8-2-4-9(13)5-3-8/h2-7H,1H3. The molecule has 0 atom stereocenters. The summed E-state index contributed by atoms with van der Waals surface area (Å²) in [6, 6.07) is 9.78. The molecule has 0 N–H and O–H groups in total. The number of benzene rings is 1. The highest BCUT2D eigenvalue weighted by atomic mass is 79.9. The van der Waals surface area contributed by atoms with E-state index < -0.39 is 0 Å². The van der Waals surface area contributed by atoms with Crippen LogP contribution in [0.4, 0.5) is 0 Å².